The third kappa shape index (κ3) is 4.61. The van der Waals surface area contributed by atoms with Gasteiger partial charge in [0.2, 0.25) is 0 Å². The molecular formula is C16H13F3N2O5S. The van der Waals surface area contributed by atoms with E-state index in [1.165, 1.54) is 23.1 Å². The maximum absolute atomic E-state index is 12.5. The van der Waals surface area contributed by atoms with Gasteiger partial charge in [0, 0.05) is 11.8 Å². The number of nitrogens with zero attached hydrogens (tertiary/aromatic N) is 1. The second-order valence-electron chi connectivity index (χ2n) is 5.44. The number of hydrogen-bond acceptors (Lipinski definition) is 5. The fourth-order valence-corrected chi connectivity index (χ4v) is 3.50. The summed E-state index contributed by atoms with van der Waals surface area (Å²) >= 11 is 0. The highest BCUT2D eigenvalue weighted by atomic mass is 32.2. The van der Waals surface area contributed by atoms with Gasteiger partial charge in [-0.3, -0.25) is 9.62 Å². The van der Waals surface area contributed by atoms with Gasteiger partial charge in [0.25, 0.3) is 10.0 Å². The Morgan fingerprint density at radius 2 is 1.85 bits per heavy atom. The number of sulfonamides is 1. The fraction of sp³-hybridized carbons (Fsp3) is 0.188. The lowest BCUT2D eigenvalue weighted by Gasteiger charge is -2.15. The van der Waals surface area contributed by atoms with Crippen LogP contribution in [0.4, 0.5) is 29.3 Å². The highest BCUT2D eigenvalue weighted by molar-refractivity contribution is 7.92. The van der Waals surface area contributed by atoms with Crippen LogP contribution >= 0.6 is 0 Å². The van der Waals surface area contributed by atoms with Crippen LogP contribution in [0.15, 0.2) is 53.4 Å². The SMILES string of the molecule is O=C1OCCN1c1cccc(NS(=O)(=O)c2cccc(OC(F)(F)F)c2)c1. The summed E-state index contributed by atoms with van der Waals surface area (Å²) in [6, 6.07) is 10.0. The zero-order chi connectivity index (χ0) is 19.7. The Morgan fingerprint density at radius 3 is 2.52 bits per heavy atom. The van der Waals surface area contributed by atoms with Crippen molar-refractivity contribution in [3.63, 3.8) is 0 Å². The second kappa shape index (κ2) is 6.99. The smallest absolute Gasteiger partial charge is 0.447 e. The van der Waals surface area contributed by atoms with E-state index in [4.69, 9.17) is 4.74 Å². The van der Waals surface area contributed by atoms with Gasteiger partial charge in [0.05, 0.1) is 17.1 Å². The molecule has 1 fully saturated rings. The summed E-state index contributed by atoms with van der Waals surface area (Å²) in [4.78, 5) is 12.5. The summed E-state index contributed by atoms with van der Waals surface area (Å²) in [6.07, 6.45) is -5.49. The predicted molar refractivity (Wildman–Crippen MR) is 89.1 cm³/mol. The molecule has 1 saturated heterocycles. The first kappa shape index (κ1) is 18.8. The number of benzene rings is 2. The molecule has 1 aliphatic rings. The van der Waals surface area contributed by atoms with Gasteiger partial charge in [-0.15, -0.1) is 13.2 Å². The average Bonchev–Trinajstić information content (AvgIpc) is 2.99. The molecule has 0 unspecified atom stereocenters. The van der Waals surface area contributed by atoms with E-state index in [0.717, 1.165) is 24.3 Å². The summed E-state index contributed by atoms with van der Waals surface area (Å²) in [5, 5.41) is 0. The van der Waals surface area contributed by atoms with Crippen molar-refractivity contribution in [1.29, 1.82) is 0 Å². The molecule has 1 heterocycles. The number of hydrogen-bond donors (Lipinski definition) is 1. The summed E-state index contributed by atoms with van der Waals surface area (Å²) < 4.78 is 72.7. The van der Waals surface area contributed by atoms with Crippen LogP contribution < -0.4 is 14.4 Å². The lowest BCUT2D eigenvalue weighted by atomic mass is 10.2. The van der Waals surface area contributed by atoms with Crippen molar-refractivity contribution in [3.8, 4) is 5.75 Å². The van der Waals surface area contributed by atoms with Gasteiger partial charge in [-0.2, -0.15) is 0 Å². The molecule has 2 aromatic carbocycles. The molecule has 0 spiro atoms. The number of nitrogens with one attached hydrogen (secondary N) is 1. The molecule has 2 aromatic rings. The fourth-order valence-electron chi connectivity index (χ4n) is 2.42. The molecule has 0 aromatic heterocycles. The minimum absolute atomic E-state index is 0.134. The summed E-state index contributed by atoms with van der Waals surface area (Å²) in [7, 11) is -4.18. The van der Waals surface area contributed by atoms with Crippen LogP contribution in [-0.2, 0) is 14.8 Å². The van der Waals surface area contributed by atoms with Crippen molar-refractivity contribution < 1.29 is 35.9 Å². The van der Waals surface area contributed by atoms with E-state index in [0.29, 0.717) is 12.2 Å². The number of ether oxygens (including phenoxy) is 2. The Labute approximate surface area is 152 Å². The quantitative estimate of drug-likeness (QED) is 0.829. The molecule has 1 aliphatic heterocycles. The monoisotopic (exact) mass is 402 g/mol. The van der Waals surface area contributed by atoms with Crippen LogP contribution in [0.3, 0.4) is 0 Å². The zero-order valence-corrected chi connectivity index (χ0v) is 14.4. The standard InChI is InChI=1S/C16H13F3N2O5S/c17-16(18,19)26-13-5-2-6-14(10-13)27(23,24)20-11-3-1-4-12(9-11)21-7-8-25-15(21)22/h1-6,9-10,20H,7-8H2. The molecule has 11 heteroatoms. The number of carbonyl (C=O) groups is 1. The summed E-state index contributed by atoms with van der Waals surface area (Å²) in [6.45, 7) is 0.548. The summed E-state index contributed by atoms with van der Waals surface area (Å²) in [5.41, 5.74) is 0.557. The Balaban J connectivity index is 1.83. The van der Waals surface area contributed by atoms with Crippen molar-refractivity contribution in [1.82, 2.24) is 0 Å². The highest BCUT2D eigenvalue weighted by Gasteiger charge is 2.31. The molecule has 144 valence electrons. The van der Waals surface area contributed by atoms with Crippen molar-refractivity contribution >= 4 is 27.5 Å². The van der Waals surface area contributed by atoms with Crippen LogP contribution in [-0.4, -0.2) is 34.0 Å². The van der Waals surface area contributed by atoms with E-state index >= 15 is 0 Å². The van der Waals surface area contributed by atoms with Gasteiger partial charge in [-0.1, -0.05) is 12.1 Å². The Morgan fingerprint density at radius 1 is 1.11 bits per heavy atom. The first-order chi connectivity index (χ1) is 12.6. The van der Waals surface area contributed by atoms with Gasteiger partial charge < -0.3 is 9.47 Å². The lowest BCUT2D eigenvalue weighted by molar-refractivity contribution is -0.274. The van der Waals surface area contributed by atoms with Crippen molar-refractivity contribution in [2.45, 2.75) is 11.3 Å². The average molecular weight is 402 g/mol. The molecule has 1 N–H and O–H groups in total. The topological polar surface area (TPSA) is 84.9 Å². The van der Waals surface area contributed by atoms with E-state index in [1.807, 2.05) is 0 Å². The minimum Gasteiger partial charge on any atom is -0.447 e. The van der Waals surface area contributed by atoms with E-state index < -0.39 is 33.1 Å². The maximum Gasteiger partial charge on any atom is 0.573 e. The van der Waals surface area contributed by atoms with Gasteiger partial charge in [0.15, 0.2) is 0 Å². The van der Waals surface area contributed by atoms with Gasteiger partial charge >= 0.3 is 12.5 Å². The normalized spacial score (nSPS) is 14.8. The van der Waals surface area contributed by atoms with Crippen LogP contribution in [0.5, 0.6) is 5.75 Å². The molecule has 0 atom stereocenters. The van der Waals surface area contributed by atoms with Crippen LogP contribution in [0, 0.1) is 0 Å². The number of alkyl halides is 3. The Bertz CT molecular complexity index is 963. The largest absolute Gasteiger partial charge is 0.573 e. The lowest BCUT2D eigenvalue weighted by Crippen LogP contribution is -2.23. The molecular weight excluding hydrogens is 389 g/mol. The number of carbonyl (C=O) groups excluding carboxylic acids is 1. The Hall–Kier alpha value is -2.95. The predicted octanol–water partition coefficient (Wildman–Crippen LogP) is 3.34. The molecule has 0 aliphatic carbocycles. The van der Waals surface area contributed by atoms with Gasteiger partial charge in [0.1, 0.15) is 12.4 Å². The maximum atomic E-state index is 12.5. The number of anilines is 2. The molecule has 3 rings (SSSR count). The molecule has 0 radical (unpaired) electrons. The van der Waals surface area contributed by atoms with Gasteiger partial charge in [-0.25, -0.2) is 13.2 Å². The minimum atomic E-state index is -4.94. The number of halogens is 3. The summed E-state index contributed by atoms with van der Waals surface area (Å²) in [5.74, 6) is -0.654. The van der Waals surface area contributed by atoms with E-state index in [9.17, 15) is 26.4 Å². The van der Waals surface area contributed by atoms with Crippen molar-refractivity contribution in [3.05, 3.63) is 48.5 Å². The zero-order valence-electron chi connectivity index (χ0n) is 13.6. The van der Waals surface area contributed by atoms with E-state index in [2.05, 4.69) is 9.46 Å². The van der Waals surface area contributed by atoms with Gasteiger partial charge in [-0.05, 0) is 30.3 Å². The molecule has 7 nitrogen and oxygen atoms in total. The molecule has 27 heavy (non-hydrogen) atoms. The van der Waals surface area contributed by atoms with Crippen LogP contribution in [0.2, 0.25) is 0 Å². The van der Waals surface area contributed by atoms with E-state index in [-0.39, 0.29) is 12.3 Å². The molecule has 1 amide bonds. The molecule has 0 saturated carbocycles. The van der Waals surface area contributed by atoms with E-state index in [1.54, 1.807) is 6.07 Å². The third-order valence-electron chi connectivity index (χ3n) is 3.52. The number of amides is 1. The van der Waals surface area contributed by atoms with Crippen molar-refractivity contribution in [2.24, 2.45) is 0 Å². The first-order valence-corrected chi connectivity index (χ1v) is 9.05. The van der Waals surface area contributed by atoms with Crippen LogP contribution in [0.1, 0.15) is 0 Å². The van der Waals surface area contributed by atoms with Crippen LogP contribution in [0.25, 0.3) is 0 Å². The first-order valence-electron chi connectivity index (χ1n) is 7.57. The third-order valence-corrected chi connectivity index (χ3v) is 4.90. The molecule has 0 bridgehead atoms. The number of rotatable bonds is 5. The second-order valence-corrected chi connectivity index (χ2v) is 7.13. The number of cyclic esters (lactones) is 1. The Kier molecular flexibility index (Phi) is 4.87. The van der Waals surface area contributed by atoms with Crippen molar-refractivity contribution in [2.75, 3.05) is 22.8 Å². The highest BCUT2D eigenvalue weighted by Crippen LogP contribution is 2.27.